The molecule has 0 atom stereocenters. The van der Waals surface area contributed by atoms with Gasteiger partial charge in [0.2, 0.25) is 0 Å². The summed E-state index contributed by atoms with van der Waals surface area (Å²) in [6, 6.07) is 8.46. The van der Waals surface area contributed by atoms with E-state index in [2.05, 4.69) is 6.07 Å². The largest absolute Gasteiger partial charge is 2.00 e. The predicted octanol–water partition coefficient (Wildman–Crippen LogP) is -1.51. The van der Waals surface area contributed by atoms with E-state index in [1.165, 1.54) is 0 Å². The molecule has 1 aliphatic carbocycles. The van der Waals surface area contributed by atoms with Crippen LogP contribution in [0.3, 0.4) is 0 Å². The van der Waals surface area contributed by atoms with Gasteiger partial charge < -0.3 is 26.8 Å². The van der Waals surface area contributed by atoms with Gasteiger partial charge in [-0.3, -0.25) is 0 Å². The van der Waals surface area contributed by atoms with Crippen LogP contribution in [0.2, 0.25) is 0 Å². The number of hydrogen-bond acceptors (Lipinski definition) is 2. The first-order valence-corrected chi connectivity index (χ1v) is 4.53. The number of aliphatic hydroxyl groups is 1. The normalized spacial score (nSPS) is 16.7. The number of halogens is 1. The molecular weight excluding hydrogens is 268 g/mol. The summed E-state index contributed by atoms with van der Waals surface area (Å²) in [5.41, 5.74) is 0.323. The molecule has 15 heavy (non-hydrogen) atoms. The Morgan fingerprint density at radius 1 is 1.40 bits per heavy atom. The van der Waals surface area contributed by atoms with Crippen molar-refractivity contribution in [1.82, 2.24) is 0 Å². The Hall–Kier alpha value is 0.226. The van der Waals surface area contributed by atoms with Gasteiger partial charge in [-0.05, 0) is 19.3 Å². The summed E-state index contributed by atoms with van der Waals surface area (Å²) in [6.07, 6.45) is 2.82. The minimum Gasteiger partial charge on any atom is -1.00 e. The molecular formula is C11H13BrMgO2. The molecule has 1 fully saturated rings. The van der Waals surface area contributed by atoms with Crippen molar-refractivity contribution in [2.45, 2.75) is 24.9 Å². The zero-order valence-electron chi connectivity index (χ0n) is 8.79. The number of hydrogen-bond donors (Lipinski definition) is 1. The molecule has 1 aromatic rings. The van der Waals surface area contributed by atoms with Crippen molar-refractivity contribution in [2.75, 3.05) is 7.11 Å². The Morgan fingerprint density at radius 2 is 2.07 bits per heavy atom. The van der Waals surface area contributed by atoms with Crippen molar-refractivity contribution in [2.24, 2.45) is 0 Å². The van der Waals surface area contributed by atoms with Crippen LogP contribution in [-0.2, 0) is 5.60 Å². The summed E-state index contributed by atoms with van der Waals surface area (Å²) in [5, 5.41) is 10.0. The molecule has 1 aliphatic rings. The SMILES string of the molecule is COc1c[c-]cc(C2(O)CCC2)c1.[Br-].[Mg+2]. The van der Waals surface area contributed by atoms with E-state index in [9.17, 15) is 5.11 Å². The van der Waals surface area contributed by atoms with Gasteiger partial charge in [0, 0.05) is 11.4 Å². The Labute approximate surface area is 117 Å². The maximum absolute atomic E-state index is 10.0. The van der Waals surface area contributed by atoms with E-state index in [1.807, 2.05) is 12.1 Å². The van der Waals surface area contributed by atoms with E-state index >= 15 is 0 Å². The van der Waals surface area contributed by atoms with Gasteiger partial charge in [0.05, 0.1) is 7.11 Å². The number of benzene rings is 1. The van der Waals surface area contributed by atoms with E-state index in [-0.39, 0.29) is 40.0 Å². The van der Waals surface area contributed by atoms with E-state index < -0.39 is 5.60 Å². The molecule has 1 saturated carbocycles. The second kappa shape index (κ2) is 6.08. The van der Waals surface area contributed by atoms with Crippen LogP contribution < -0.4 is 21.7 Å². The second-order valence-corrected chi connectivity index (χ2v) is 3.55. The van der Waals surface area contributed by atoms with Crippen molar-refractivity contribution in [1.29, 1.82) is 0 Å². The Morgan fingerprint density at radius 3 is 2.53 bits per heavy atom. The second-order valence-electron chi connectivity index (χ2n) is 3.55. The Balaban J connectivity index is 0.000000980. The van der Waals surface area contributed by atoms with Crippen LogP contribution in [0.15, 0.2) is 18.2 Å². The van der Waals surface area contributed by atoms with Crippen molar-refractivity contribution in [3.63, 3.8) is 0 Å². The van der Waals surface area contributed by atoms with Gasteiger partial charge in [0.25, 0.3) is 0 Å². The quantitative estimate of drug-likeness (QED) is 0.528. The van der Waals surface area contributed by atoms with Crippen LogP contribution in [0.1, 0.15) is 24.8 Å². The van der Waals surface area contributed by atoms with E-state index in [4.69, 9.17) is 4.74 Å². The Bertz CT molecular complexity index is 313. The van der Waals surface area contributed by atoms with Crippen LogP contribution in [-0.4, -0.2) is 35.3 Å². The molecule has 2 rings (SSSR count). The maximum atomic E-state index is 10.0. The van der Waals surface area contributed by atoms with Gasteiger partial charge in [-0.15, -0.1) is 17.7 Å². The fourth-order valence-electron chi connectivity index (χ4n) is 1.64. The summed E-state index contributed by atoms with van der Waals surface area (Å²) in [4.78, 5) is 0. The average molecular weight is 281 g/mol. The summed E-state index contributed by atoms with van der Waals surface area (Å²) in [6.45, 7) is 0. The topological polar surface area (TPSA) is 29.5 Å². The molecule has 4 heteroatoms. The third-order valence-electron chi connectivity index (χ3n) is 2.72. The zero-order chi connectivity index (χ0) is 9.31. The summed E-state index contributed by atoms with van der Waals surface area (Å²) in [7, 11) is 1.62. The van der Waals surface area contributed by atoms with Gasteiger partial charge in [-0.2, -0.15) is 12.1 Å². The number of ether oxygens (including phenoxy) is 1. The predicted molar refractivity (Wildman–Crippen MR) is 55.3 cm³/mol. The minimum absolute atomic E-state index is 0. The molecule has 1 N–H and O–H groups in total. The third-order valence-corrected chi connectivity index (χ3v) is 2.72. The number of rotatable bonds is 2. The molecule has 0 aliphatic heterocycles. The smallest absolute Gasteiger partial charge is 1.00 e. The van der Waals surface area contributed by atoms with Gasteiger partial charge in [-0.1, -0.05) is 0 Å². The van der Waals surface area contributed by atoms with Gasteiger partial charge in [-0.25, -0.2) is 0 Å². The van der Waals surface area contributed by atoms with Crippen LogP contribution in [0.25, 0.3) is 0 Å². The Kier molecular flexibility index (Phi) is 6.17. The van der Waals surface area contributed by atoms with Gasteiger partial charge in [0.1, 0.15) is 0 Å². The van der Waals surface area contributed by atoms with Gasteiger partial charge >= 0.3 is 23.1 Å². The summed E-state index contributed by atoms with van der Waals surface area (Å²) in [5.74, 6) is 0.762. The molecule has 0 radical (unpaired) electrons. The first kappa shape index (κ1) is 15.2. The van der Waals surface area contributed by atoms with Crippen molar-refractivity contribution < 1.29 is 26.8 Å². The van der Waals surface area contributed by atoms with Crippen LogP contribution in [0.5, 0.6) is 5.75 Å². The van der Waals surface area contributed by atoms with Crippen LogP contribution in [0, 0.1) is 6.07 Å². The zero-order valence-corrected chi connectivity index (χ0v) is 11.8. The molecule has 0 saturated heterocycles. The van der Waals surface area contributed by atoms with Crippen molar-refractivity contribution in [3.8, 4) is 5.75 Å². The van der Waals surface area contributed by atoms with Crippen molar-refractivity contribution >= 4 is 23.1 Å². The minimum atomic E-state index is -0.606. The third kappa shape index (κ3) is 3.09. The molecule has 0 spiro atoms. The molecule has 0 heterocycles. The number of methoxy groups -OCH3 is 1. The molecule has 0 unspecified atom stereocenters. The fraction of sp³-hybridized carbons (Fsp3) is 0.455. The molecule has 0 bridgehead atoms. The molecule has 0 amide bonds. The van der Waals surface area contributed by atoms with E-state index in [0.29, 0.717) is 0 Å². The summed E-state index contributed by atoms with van der Waals surface area (Å²) < 4.78 is 5.08. The summed E-state index contributed by atoms with van der Waals surface area (Å²) >= 11 is 0. The van der Waals surface area contributed by atoms with E-state index in [1.54, 1.807) is 13.2 Å². The van der Waals surface area contributed by atoms with E-state index in [0.717, 1.165) is 30.6 Å². The molecule has 78 valence electrons. The molecule has 1 aromatic carbocycles. The van der Waals surface area contributed by atoms with Gasteiger partial charge in [0.15, 0.2) is 0 Å². The first-order chi connectivity index (χ1) is 6.24. The van der Waals surface area contributed by atoms with Crippen molar-refractivity contribution in [3.05, 3.63) is 29.8 Å². The van der Waals surface area contributed by atoms with Crippen LogP contribution >= 0.6 is 0 Å². The maximum Gasteiger partial charge on any atom is 2.00 e. The first-order valence-electron chi connectivity index (χ1n) is 4.53. The molecule has 0 aromatic heterocycles. The fourth-order valence-corrected chi connectivity index (χ4v) is 1.64. The standard InChI is InChI=1S/C11H13O2.BrH.Mg/c1-13-10-5-2-4-9(8-10)11(12)6-3-7-11;;/h4-5,8,12H,3,6-7H2,1H3;1H;/q-1;;+2/p-1. The molecule has 2 nitrogen and oxygen atoms in total. The average Bonchev–Trinajstić information content (AvgIpc) is 2.14. The van der Waals surface area contributed by atoms with Crippen LogP contribution in [0.4, 0.5) is 0 Å². The monoisotopic (exact) mass is 280 g/mol.